The Morgan fingerprint density at radius 3 is 2.17 bits per heavy atom. The first kappa shape index (κ1) is 15.0. The molecule has 0 saturated carbocycles. The Morgan fingerprint density at radius 2 is 1.57 bits per heavy atom. The van der Waals surface area contributed by atoms with Crippen LogP contribution in [-0.2, 0) is 0 Å². The number of allylic oxidation sites excluding steroid dienone is 1. The van der Waals surface area contributed by atoms with Crippen molar-refractivity contribution in [2.24, 2.45) is 0 Å². The summed E-state index contributed by atoms with van der Waals surface area (Å²) in [4.78, 5) is 12.2. The molecule has 0 aliphatic heterocycles. The first-order valence-corrected chi connectivity index (χ1v) is 7.58. The first-order valence-electron chi connectivity index (χ1n) is 7.58. The Labute approximate surface area is 136 Å². The van der Waals surface area contributed by atoms with E-state index in [0.717, 1.165) is 16.9 Å². The van der Waals surface area contributed by atoms with E-state index in [9.17, 15) is 4.79 Å². The number of carbonyl (C=O) groups is 1. The summed E-state index contributed by atoms with van der Waals surface area (Å²) < 4.78 is 5.40. The minimum absolute atomic E-state index is 0.0357. The highest BCUT2D eigenvalue weighted by atomic mass is 16.3. The molecule has 23 heavy (non-hydrogen) atoms. The minimum atomic E-state index is -0.0357. The van der Waals surface area contributed by atoms with Crippen LogP contribution in [0.5, 0.6) is 0 Å². The number of rotatable bonds is 4. The Hall–Kier alpha value is -2.87. The van der Waals surface area contributed by atoms with Crippen molar-refractivity contribution in [1.29, 1.82) is 0 Å². The zero-order valence-corrected chi connectivity index (χ0v) is 13.2. The average Bonchev–Trinajstić information content (AvgIpc) is 2.92. The molecule has 1 heterocycles. The van der Waals surface area contributed by atoms with Gasteiger partial charge in [-0.1, -0.05) is 60.7 Å². The number of aryl methyl sites for hydroxylation is 2. The van der Waals surface area contributed by atoms with Crippen LogP contribution in [0.3, 0.4) is 0 Å². The molecular weight excluding hydrogens is 284 g/mol. The van der Waals surface area contributed by atoms with E-state index in [2.05, 4.69) is 24.3 Å². The van der Waals surface area contributed by atoms with Gasteiger partial charge < -0.3 is 4.42 Å². The molecule has 0 unspecified atom stereocenters. The molecule has 0 atom stereocenters. The zero-order chi connectivity index (χ0) is 16.2. The largest absolute Gasteiger partial charge is 0.466 e. The quantitative estimate of drug-likeness (QED) is 0.473. The van der Waals surface area contributed by atoms with Crippen molar-refractivity contribution in [3.8, 4) is 11.1 Å². The van der Waals surface area contributed by atoms with E-state index in [0.29, 0.717) is 11.3 Å². The number of hydrogen-bond donors (Lipinski definition) is 0. The second-order valence-corrected chi connectivity index (χ2v) is 5.51. The van der Waals surface area contributed by atoms with Crippen LogP contribution in [0.2, 0.25) is 0 Å². The summed E-state index contributed by atoms with van der Waals surface area (Å²) in [5.41, 5.74) is 3.97. The van der Waals surface area contributed by atoms with Crippen molar-refractivity contribution in [1.82, 2.24) is 0 Å². The second-order valence-electron chi connectivity index (χ2n) is 5.51. The Morgan fingerprint density at radius 1 is 0.913 bits per heavy atom. The molecule has 0 bridgehead atoms. The minimum Gasteiger partial charge on any atom is -0.466 e. The van der Waals surface area contributed by atoms with E-state index >= 15 is 0 Å². The lowest BCUT2D eigenvalue weighted by Crippen LogP contribution is -1.93. The predicted octanol–water partition coefficient (Wildman–Crippen LogP) is 5.46. The van der Waals surface area contributed by atoms with Crippen LogP contribution < -0.4 is 0 Å². The van der Waals surface area contributed by atoms with Crippen LogP contribution in [0.25, 0.3) is 17.2 Å². The maximum atomic E-state index is 12.2. The topological polar surface area (TPSA) is 30.2 Å². The monoisotopic (exact) mass is 302 g/mol. The smallest absolute Gasteiger partial charge is 0.189 e. The number of hydrogen-bond acceptors (Lipinski definition) is 2. The molecule has 114 valence electrons. The van der Waals surface area contributed by atoms with Gasteiger partial charge in [0, 0.05) is 0 Å². The molecule has 1 aromatic heterocycles. The van der Waals surface area contributed by atoms with Crippen molar-refractivity contribution in [3.05, 3.63) is 89.4 Å². The molecule has 0 aliphatic rings. The lowest BCUT2D eigenvalue weighted by Gasteiger charge is -2.01. The molecule has 0 spiro atoms. The molecule has 0 radical (unpaired) electrons. The van der Waals surface area contributed by atoms with Gasteiger partial charge in [0.2, 0.25) is 0 Å². The van der Waals surface area contributed by atoms with Gasteiger partial charge in [-0.15, -0.1) is 0 Å². The van der Waals surface area contributed by atoms with Crippen molar-refractivity contribution < 1.29 is 9.21 Å². The third-order valence-corrected chi connectivity index (χ3v) is 3.75. The molecule has 2 heteroatoms. The summed E-state index contributed by atoms with van der Waals surface area (Å²) >= 11 is 0. The molecule has 0 amide bonds. The van der Waals surface area contributed by atoms with Gasteiger partial charge in [-0.3, -0.25) is 4.79 Å². The number of benzene rings is 2. The molecular formula is C21H18O2. The molecule has 3 aromatic rings. The molecule has 0 fully saturated rings. The van der Waals surface area contributed by atoms with Crippen LogP contribution in [0, 0.1) is 13.8 Å². The fraction of sp³-hybridized carbons (Fsp3) is 0.0952. The van der Waals surface area contributed by atoms with Crippen LogP contribution >= 0.6 is 0 Å². The number of ketones is 1. The van der Waals surface area contributed by atoms with Gasteiger partial charge in [0.15, 0.2) is 5.78 Å². The fourth-order valence-electron chi connectivity index (χ4n) is 2.55. The summed E-state index contributed by atoms with van der Waals surface area (Å²) in [6, 6.07) is 20.1. The van der Waals surface area contributed by atoms with Crippen molar-refractivity contribution in [2.75, 3.05) is 0 Å². The Kier molecular flexibility index (Phi) is 4.24. The number of furan rings is 1. The molecule has 2 aromatic carbocycles. The molecule has 2 nitrogen and oxygen atoms in total. The summed E-state index contributed by atoms with van der Waals surface area (Å²) in [6.45, 7) is 3.65. The van der Waals surface area contributed by atoms with Gasteiger partial charge >= 0.3 is 0 Å². The van der Waals surface area contributed by atoms with Crippen molar-refractivity contribution >= 4 is 11.9 Å². The standard InChI is InChI=1S/C21H18O2/c1-15-14-20(16(2)23-15)21(22)13-10-17-8-11-19(12-9-17)18-6-4-3-5-7-18/h3-14H,1-2H3/b13-10+. The van der Waals surface area contributed by atoms with Crippen LogP contribution in [0.1, 0.15) is 27.4 Å². The van der Waals surface area contributed by atoms with Gasteiger partial charge in [-0.05, 0) is 42.7 Å². The summed E-state index contributed by atoms with van der Waals surface area (Å²) in [7, 11) is 0. The lowest BCUT2D eigenvalue weighted by molar-refractivity contribution is 0.104. The van der Waals surface area contributed by atoms with Crippen LogP contribution in [-0.4, -0.2) is 5.78 Å². The van der Waals surface area contributed by atoms with Gasteiger partial charge in [-0.25, -0.2) is 0 Å². The second kappa shape index (κ2) is 6.49. The SMILES string of the molecule is Cc1cc(C(=O)/C=C/c2ccc(-c3ccccc3)cc2)c(C)o1. The Balaban J connectivity index is 1.75. The molecule has 0 saturated heterocycles. The fourth-order valence-corrected chi connectivity index (χ4v) is 2.55. The van der Waals surface area contributed by atoms with Gasteiger partial charge in [-0.2, -0.15) is 0 Å². The maximum absolute atomic E-state index is 12.2. The third kappa shape index (κ3) is 3.49. The summed E-state index contributed by atoms with van der Waals surface area (Å²) in [5, 5.41) is 0. The first-order chi connectivity index (χ1) is 11.1. The Bertz CT molecular complexity index is 837. The van der Waals surface area contributed by atoms with Crippen LogP contribution in [0.15, 0.2) is 71.2 Å². The number of carbonyl (C=O) groups excluding carboxylic acids is 1. The highest BCUT2D eigenvalue weighted by Gasteiger charge is 2.10. The van der Waals surface area contributed by atoms with E-state index in [1.165, 1.54) is 5.56 Å². The van der Waals surface area contributed by atoms with Crippen molar-refractivity contribution in [3.63, 3.8) is 0 Å². The molecule has 0 N–H and O–H groups in total. The summed E-state index contributed by atoms with van der Waals surface area (Å²) in [6.07, 6.45) is 3.42. The van der Waals surface area contributed by atoms with E-state index in [-0.39, 0.29) is 5.78 Å². The normalized spacial score (nSPS) is 11.0. The van der Waals surface area contributed by atoms with Gasteiger partial charge in [0.25, 0.3) is 0 Å². The van der Waals surface area contributed by atoms with Crippen molar-refractivity contribution in [2.45, 2.75) is 13.8 Å². The highest BCUT2D eigenvalue weighted by molar-refractivity contribution is 6.07. The molecule has 0 aliphatic carbocycles. The van der Waals surface area contributed by atoms with E-state index < -0.39 is 0 Å². The van der Waals surface area contributed by atoms with E-state index in [1.54, 1.807) is 12.1 Å². The average molecular weight is 302 g/mol. The predicted molar refractivity (Wildman–Crippen MR) is 93.4 cm³/mol. The molecule has 3 rings (SSSR count). The third-order valence-electron chi connectivity index (χ3n) is 3.75. The van der Waals surface area contributed by atoms with Gasteiger partial charge in [0.05, 0.1) is 5.56 Å². The maximum Gasteiger partial charge on any atom is 0.189 e. The summed E-state index contributed by atoms with van der Waals surface area (Å²) in [5.74, 6) is 1.38. The van der Waals surface area contributed by atoms with E-state index in [4.69, 9.17) is 4.42 Å². The van der Waals surface area contributed by atoms with Gasteiger partial charge in [0.1, 0.15) is 11.5 Å². The lowest BCUT2D eigenvalue weighted by atomic mass is 10.0. The highest BCUT2D eigenvalue weighted by Crippen LogP contribution is 2.20. The zero-order valence-electron chi connectivity index (χ0n) is 13.2. The van der Waals surface area contributed by atoms with Crippen LogP contribution in [0.4, 0.5) is 0 Å². The van der Waals surface area contributed by atoms with E-state index in [1.807, 2.05) is 50.3 Å².